The molecule has 0 saturated carbocycles. The fourth-order valence-electron chi connectivity index (χ4n) is 4.79. The first-order chi connectivity index (χ1) is 21.2. The van der Waals surface area contributed by atoms with Gasteiger partial charge < -0.3 is 10.2 Å². The maximum Gasteiger partial charge on any atom is 0.264 e. The Bertz CT molecular complexity index is 1730. The number of amides is 2. The maximum absolute atomic E-state index is 14.5. The Labute approximate surface area is 269 Å². The third-order valence-corrected chi connectivity index (χ3v) is 9.12. The van der Waals surface area contributed by atoms with Crippen LogP contribution >= 0.6 is 11.6 Å². The Morgan fingerprint density at radius 2 is 1.47 bits per heavy atom. The lowest BCUT2D eigenvalue weighted by atomic mass is 10.0. The minimum absolute atomic E-state index is 0.00708. The molecule has 4 rings (SSSR count). The van der Waals surface area contributed by atoms with E-state index in [0.717, 1.165) is 27.1 Å². The summed E-state index contributed by atoms with van der Waals surface area (Å²) in [6.07, 6.45) is 0.189. The molecule has 1 unspecified atom stereocenters. The van der Waals surface area contributed by atoms with Gasteiger partial charge >= 0.3 is 0 Å². The minimum atomic E-state index is -4.32. The molecule has 0 heterocycles. The number of rotatable bonds is 11. The zero-order chi connectivity index (χ0) is 32.8. The Morgan fingerprint density at radius 1 is 0.867 bits per heavy atom. The van der Waals surface area contributed by atoms with Gasteiger partial charge in [0.2, 0.25) is 11.8 Å². The van der Waals surface area contributed by atoms with Gasteiger partial charge in [0.1, 0.15) is 18.4 Å². The number of hydrogen-bond donors (Lipinski definition) is 1. The van der Waals surface area contributed by atoms with Crippen molar-refractivity contribution in [3.63, 3.8) is 0 Å². The van der Waals surface area contributed by atoms with Crippen LogP contribution in [0.5, 0.6) is 0 Å². The molecule has 2 amide bonds. The van der Waals surface area contributed by atoms with Crippen LogP contribution in [0.15, 0.2) is 108 Å². The monoisotopic (exact) mass is 649 g/mol. The Hall–Kier alpha value is -4.21. The van der Waals surface area contributed by atoms with Gasteiger partial charge in [-0.2, -0.15) is 0 Å². The van der Waals surface area contributed by atoms with Gasteiger partial charge in [-0.3, -0.25) is 13.9 Å². The third-order valence-electron chi connectivity index (χ3n) is 7.04. The number of nitrogens with zero attached hydrogens (tertiary/aromatic N) is 2. The number of sulfonamides is 1. The molecule has 0 aliphatic carbocycles. The number of benzene rings is 4. The smallest absolute Gasteiger partial charge is 0.264 e. The number of hydrogen-bond acceptors (Lipinski definition) is 4. The third kappa shape index (κ3) is 8.93. The predicted octanol–water partition coefficient (Wildman–Crippen LogP) is 6.54. The van der Waals surface area contributed by atoms with E-state index in [1.165, 1.54) is 29.2 Å². The zero-order valence-corrected chi connectivity index (χ0v) is 27.3. The van der Waals surface area contributed by atoms with Crippen LogP contribution in [0.25, 0.3) is 0 Å². The highest BCUT2D eigenvalue weighted by Gasteiger charge is 2.35. The highest BCUT2D eigenvalue weighted by Crippen LogP contribution is 2.28. The van der Waals surface area contributed by atoms with Crippen molar-refractivity contribution in [2.75, 3.05) is 10.8 Å². The van der Waals surface area contributed by atoms with E-state index in [9.17, 15) is 22.4 Å². The van der Waals surface area contributed by atoms with Gasteiger partial charge in [-0.1, -0.05) is 90.0 Å². The molecule has 0 saturated heterocycles. The molecule has 4 aromatic rings. The van der Waals surface area contributed by atoms with Crippen molar-refractivity contribution in [3.05, 3.63) is 131 Å². The van der Waals surface area contributed by atoms with Gasteiger partial charge in [0.05, 0.1) is 15.6 Å². The van der Waals surface area contributed by atoms with E-state index in [1.807, 2.05) is 82.3 Å². The van der Waals surface area contributed by atoms with Crippen LogP contribution in [-0.4, -0.2) is 43.3 Å². The molecule has 0 aliphatic heterocycles. The molecule has 0 aromatic heterocycles. The maximum atomic E-state index is 14.5. The van der Waals surface area contributed by atoms with E-state index in [0.29, 0.717) is 0 Å². The van der Waals surface area contributed by atoms with E-state index in [4.69, 9.17) is 11.6 Å². The van der Waals surface area contributed by atoms with Crippen molar-refractivity contribution in [2.45, 2.75) is 57.1 Å². The molecule has 0 aliphatic rings. The lowest BCUT2D eigenvalue weighted by molar-refractivity contribution is -0.140. The van der Waals surface area contributed by atoms with Crippen molar-refractivity contribution >= 4 is 39.1 Å². The summed E-state index contributed by atoms with van der Waals surface area (Å²) in [5, 5.41) is 2.71. The number of nitrogens with one attached hydrogen (secondary N) is 1. The van der Waals surface area contributed by atoms with E-state index < -0.39 is 39.9 Å². The molecule has 1 N–H and O–H groups in total. The first-order valence-electron chi connectivity index (χ1n) is 14.5. The lowest BCUT2D eigenvalue weighted by Gasteiger charge is -2.35. The molecule has 0 bridgehead atoms. The van der Waals surface area contributed by atoms with Gasteiger partial charge in [-0.05, 0) is 69.2 Å². The van der Waals surface area contributed by atoms with Crippen molar-refractivity contribution < 1.29 is 22.4 Å². The molecule has 1 atom stereocenters. The van der Waals surface area contributed by atoms with Gasteiger partial charge in [0, 0.05) is 18.5 Å². The van der Waals surface area contributed by atoms with Crippen molar-refractivity contribution in [1.29, 1.82) is 0 Å². The molecule has 4 aromatic carbocycles. The average Bonchev–Trinajstić information content (AvgIpc) is 3.00. The van der Waals surface area contributed by atoms with Crippen molar-refractivity contribution in [1.82, 2.24) is 10.2 Å². The summed E-state index contributed by atoms with van der Waals surface area (Å²) >= 11 is 6.07. The van der Waals surface area contributed by atoms with Gasteiger partial charge in [0.25, 0.3) is 10.0 Å². The summed E-state index contributed by atoms with van der Waals surface area (Å²) in [5.41, 5.74) is 2.02. The lowest BCUT2D eigenvalue weighted by Crippen LogP contribution is -2.56. The molecule has 7 nitrogen and oxygen atoms in total. The second-order valence-electron chi connectivity index (χ2n) is 11.9. The topological polar surface area (TPSA) is 86.8 Å². The predicted molar refractivity (Wildman–Crippen MR) is 176 cm³/mol. The SMILES string of the molecule is Cc1ccc(CN(C(=O)CN(c2ccc(F)c(Cl)c2)S(=O)(=O)c2ccccc2)C(Cc2ccccc2)C(=O)NC(C)(C)C)cc1. The van der Waals surface area contributed by atoms with Gasteiger partial charge in [-0.25, -0.2) is 12.8 Å². The van der Waals surface area contributed by atoms with Crippen LogP contribution in [0.1, 0.15) is 37.5 Å². The van der Waals surface area contributed by atoms with Crippen LogP contribution in [-0.2, 0) is 32.6 Å². The first-order valence-corrected chi connectivity index (χ1v) is 16.3. The second-order valence-corrected chi connectivity index (χ2v) is 14.1. The van der Waals surface area contributed by atoms with Crippen molar-refractivity contribution in [2.24, 2.45) is 0 Å². The fourth-order valence-corrected chi connectivity index (χ4v) is 6.39. The number of halogens is 2. The minimum Gasteiger partial charge on any atom is -0.350 e. The quantitative estimate of drug-likeness (QED) is 0.200. The van der Waals surface area contributed by atoms with Crippen LogP contribution in [0.2, 0.25) is 5.02 Å². The van der Waals surface area contributed by atoms with Crippen molar-refractivity contribution in [3.8, 4) is 0 Å². The van der Waals surface area contributed by atoms with E-state index in [-0.39, 0.29) is 34.5 Å². The van der Waals surface area contributed by atoms with Gasteiger partial charge in [0.15, 0.2) is 0 Å². The summed E-state index contributed by atoms with van der Waals surface area (Å²) in [5.74, 6) is -1.73. The fraction of sp³-hybridized carbons (Fsp3) is 0.257. The molecule has 10 heteroatoms. The standard InChI is InChI=1S/C35H37ClFN3O4S/c1-25-15-17-27(18-16-25)23-39(32(34(42)38-35(2,3)4)21-26-11-7-5-8-12-26)33(41)24-40(28-19-20-31(37)30(36)22-28)45(43,44)29-13-9-6-10-14-29/h5-20,22,32H,21,23-24H2,1-4H3,(H,38,42). The highest BCUT2D eigenvalue weighted by atomic mass is 35.5. The van der Waals surface area contributed by atoms with Crippen LogP contribution in [0, 0.1) is 12.7 Å². The Morgan fingerprint density at radius 3 is 2.04 bits per heavy atom. The number of carbonyl (C=O) groups excluding carboxylic acids is 2. The number of carbonyl (C=O) groups is 2. The van der Waals surface area contributed by atoms with Gasteiger partial charge in [-0.15, -0.1) is 0 Å². The summed E-state index contributed by atoms with van der Waals surface area (Å²) in [6, 6.07) is 27.0. The molecule has 0 spiro atoms. The van der Waals surface area contributed by atoms with E-state index in [2.05, 4.69) is 5.32 Å². The molecular formula is C35H37ClFN3O4S. The van der Waals surface area contributed by atoms with Crippen LogP contribution in [0.3, 0.4) is 0 Å². The number of anilines is 1. The summed E-state index contributed by atoms with van der Waals surface area (Å²) in [7, 11) is -4.32. The molecular weight excluding hydrogens is 613 g/mol. The average molecular weight is 650 g/mol. The first kappa shape index (κ1) is 33.7. The highest BCUT2D eigenvalue weighted by molar-refractivity contribution is 7.92. The van der Waals surface area contributed by atoms with Crippen LogP contribution < -0.4 is 9.62 Å². The summed E-state index contributed by atoms with van der Waals surface area (Å²) in [4.78, 5) is 29.7. The second kappa shape index (κ2) is 14.3. The van der Waals surface area contributed by atoms with E-state index >= 15 is 0 Å². The molecule has 0 fully saturated rings. The molecule has 0 radical (unpaired) electrons. The van der Waals surface area contributed by atoms with Crippen LogP contribution in [0.4, 0.5) is 10.1 Å². The zero-order valence-electron chi connectivity index (χ0n) is 25.7. The summed E-state index contributed by atoms with van der Waals surface area (Å²) in [6.45, 7) is 6.87. The van der Waals surface area contributed by atoms with E-state index in [1.54, 1.807) is 18.2 Å². The number of aryl methyl sites for hydroxylation is 1. The summed E-state index contributed by atoms with van der Waals surface area (Å²) < 4.78 is 43.1. The molecule has 236 valence electrons. The Balaban J connectivity index is 1.82. The largest absolute Gasteiger partial charge is 0.350 e. The Kier molecular flexibility index (Phi) is 10.7. The normalized spacial score (nSPS) is 12.3. The molecule has 45 heavy (non-hydrogen) atoms.